The Morgan fingerprint density at radius 1 is 0.344 bits per heavy atom. The minimum Gasteiger partial charge on any atom is -0.457 e. The van der Waals surface area contributed by atoms with E-state index < -0.39 is 5.41 Å². The highest BCUT2D eigenvalue weighted by molar-refractivity contribution is 6.19. The second kappa shape index (κ2) is 14.3. The summed E-state index contributed by atoms with van der Waals surface area (Å²) in [6, 6.07) is 79.6. The fraction of sp³-hybridized carbons (Fsp3) is 0.0167. The van der Waals surface area contributed by atoms with Crippen molar-refractivity contribution in [3.63, 3.8) is 0 Å². The normalized spacial score (nSPS) is 12.9. The molecule has 1 spiro atoms. The Morgan fingerprint density at radius 2 is 0.891 bits per heavy atom. The smallest absolute Gasteiger partial charge is 0.160 e. The van der Waals surface area contributed by atoms with Crippen LogP contribution in [0.15, 0.2) is 224 Å². The van der Waals surface area contributed by atoms with Crippen molar-refractivity contribution in [2.75, 3.05) is 0 Å². The van der Waals surface area contributed by atoms with Crippen molar-refractivity contribution in [1.29, 1.82) is 0 Å². The summed E-state index contributed by atoms with van der Waals surface area (Å²) in [4.78, 5) is 15.5. The van der Waals surface area contributed by atoms with Crippen LogP contribution in [-0.4, -0.2) is 15.0 Å². The summed E-state index contributed by atoms with van der Waals surface area (Å²) < 4.78 is 6.75. The molecule has 2 aliphatic rings. The van der Waals surface area contributed by atoms with Gasteiger partial charge in [-0.15, -0.1) is 0 Å². The first kappa shape index (κ1) is 36.2. The average Bonchev–Trinajstić information content (AvgIpc) is 3.66. The SMILES string of the molecule is c1ccc(-c2cc(-c3ccc(-c4ccc5c(c4)C4(c6ccccc6Oc6ccccc64)c4ccc6c(-c7ccccc7)nc7ccccc7c6c4-5)cc3)nc(-c3ccccc3)n2)cc1. The maximum atomic E-state index is 6.75. The van der Waals surface area contributed by atoms with Gasteiger partial charge in [-0.05, 0) is 63.7 Å². The molecule has 0 saturated carbocycles. The first-order valence-corrected chi connectivity index (χ1v) is 21.8. The topological polar surface area (TPSA) is 47.9 Å². The number of aromatic nitrogens is 3. The Morgan fingerprint density at radius 3 is 1.58 bits per heavy atom. The monoisotopic (exact) mass is 815 g/mol. The van der Waals surface area contributed by atoms with Crippen LogP contribution < -0.4 is 4.74 Å². The zero-order valence-electron chi connectivity index (χ0n) is 34.6. The fourth-order valence-corrected chi connectivity index (χ4v) is 10.3. The van der Waals surface area contributed by atoms with Gasteiger partial charge in [0, 0.05) is 49.5 Å². The van der Waals surface area contributed by atoms with E-state index in [-0.39, 0.29) is 0 Å². The fourth-order valence-electron chi connectivity index (χ4n) is 10.3. The van der Waals surface area contributed by atoms with Gasteiger partial charge in [0.25, 0.3) is 0 Å². The molecule has 0 radical (unpaired) electrons. The Hall–Kier alpha value is -8.47. The molecule has 0 atom stereocenters. The summed E-state index contributed by atoms with van der Waals surface area (Å²) in [5.74, 6) is 2.44. The van der Waals surface area contributed by atoms with Gasteiger partial charge in [-0.2, -0.15) is 0 Å². The summed E-state index contributed by atoms with van der Waals surface area (Å²) in [7, 11) is 0. The molecule has 4 nitrogen and oxygen atoms in total. The number of pyridine rings is 1. The Balaban J connectivity index is 1.03. The van der Waals surface area contributed by atoms with E-state index >= 15 is 0 Å². The van der Waals surface area contributed by atoms with Gasteiger partial charge in [-0.3, -0.25) is 0 Å². The van der Waals surface area contributed by atoms with Crippen molar-refractivity contribution >= 4 is 21.7 Å². The molecule has 4 heteroatoms. The van der Waals surface area contributed by atoms with E-state index in [4.69, 9.17) is 19.7 Å². The van der Waals surface area contributed by atoms with Gasteiger partial charge in [0.2, 0.25) is 0 Å². The van der Waals surface area contributed by atoms with Crippen molar-refractivity contribution < 1.29 is 4.74 Å². The molecule has 11 aromatic rings. The first-order valence-electron chi connectivity index (χ1n) is 21.8. The molecule has 1 aliphatic heterocycles. The highest BCUT2D eigenvalue weighted by atomic mass is 16.5. The van der Waals surface area contributed by atoms with Gasteiger partial charge in [-0.1, -0.05) is 194 Å². The number of rotatable bonds is 5. The Labute approximate surface area is 370 Å². The van der Waals surface area contributed by atoms with Gasteiger partial charge in [0.1, 0.15) is 11.5 Å². The van der Waals surface area contributed by atoms with Crippen molar-refractivity contribution in [3.8, 4) is 78.9 Å². The molecule has 0 bridgehead atoms. The van der Waals surface area contributed by atoms with Crippen LogP contribution >= 0.6 is 0 Å². The molecule has 9 aromatic carbocycles. The van der Waals surface area contributed by atoms with Crippen molar-refractivity contribution in [2.45, 2.75) is 5.41 Å². The molecule has 0 unspecified atom stereocenters. The van der Waals surface area contributed by atoms with E-state index in [0.717, 1.165) is 89.4 Å². The molecule has 13 rings (SSSR count). The van der Waals surface area contributed by atoms with Crippen molar-refractivity contribution in [2.24, 2.45) is 0 Å². The molecular formula is C60H37N3O. The molecule has 1 aliphatic carbocycles. The number of hydrogen-bond donors (Lipinski definition) is 0. The van der Waals surface area contributed by atoms with Crippen LogP contribution in [0, 0.1) is 0 Å². The third kappa shape index (κ3) is 5.46. The lowest BCUT2D eigenvalue weighted by Crippen LogP contribution is -2.32. The van der Waals surface area contributed by atoms with Gasteiger partial charge in [-0.25, -0.2) is 15.0 Å². The van der Waals surface area contributed by atoms with E-state index in [1.54, 1.807) is 0 Å². The lowest BCUT2D eigenvalue weighted by Gasteiger charge is -2.39. The zero-order valence-corrected chi connectivity index (χ0v) is 34.6. The van der Waals surface area contributed by atoms with Gasteiger partial charge >= 0.3 is 0 Å². The molecule has 0 N–H and O–H groups in total. The molecule has 2 aromatic heterocycles. The van der Waals surface area contributed by atoms with E-state index in [9.17, 15) is 0 Å². The van der Waals surface area contributed by atoms with Crippen LogP contribution in [0.5, 0.6) is 11.5 Å². The summed E-state index contributed by atoms with van der Waals surface area (Å²) in [6.07, 6.45) is 0. The maximum Gasteiger partial charge on any atom is 0.160 e. The van der Waals surface area contributed by atoms with E-state index in [0.29, 0.717) is 5.82 Å². The van der Waals surface area contributed by atoms with Crippen LogP contribution in [-0.2, 0) is 5.41 Å². The van der Waals surface area contributed by atoms with Crippen molar-refractivity contribution in [3.05, 3.63) is 247 Å². The highest BCUT2D eigenvalue weighted by Gasteiger charge is 2.51. The highest BCUT2D eigenvalue weighted by Crippen LogP contribution is 2.64. The second-order valence-corrected chi connectivity index (χ2v) is 16.6. The van der Waals surface area contributed by atoms with Crippen LogP contribution in [0.25, 0.3) is 89.1 Å². The summed E-state index contributed by atoms with van der Waals surface area (Å²) in [5, 5.41) is 3.49. The van der Waals surface area contributed by atoms with Crippen LogP contribution in [0.3, 0.4) is 0 Å². The number of benzene rings is 9. The van der Waals surface area contributed by atoms with Gasteiger partial charge in [0.05, 0.1) is 28.0 Å². The molecule has 0 saturated heterocycles. The average molecular weight is 816 g/mol. The first-order chi connectivity index (χ1) is 31.7. The molecule has 0 amide bonds. The van der Waals surface area contributed by atoms with E-state index in [1.165, 1.54) is 27.6 Å². The third-order valence-corrected chi connectivity index (χ3v) is 13.2. The van der Waals surface area contributed by atoms with Gasteiger partial charge in [0.15, 0.2) is 5.82 Å². The summed E-state index contributed by atoms with van der Waals surface area (Å²) in [6.45, 7) is 0. The van der Waals surface area contributed by atoms with E-state index in [1.807, 2.05) is 24.3 Å². The molecule has 0 fully saturated rings. The number of nitrogens with zero attached hydrogens (tertiary/aromatic N) is 3. The van der Waals surface area contributed by atoms with Crippen LogP contribution in [0.2, 0.25) is 0 Å². The Bertz CT molecular complexity index is 3520. The third-order valence-electron chi connectivity index (χ3n) is 13.2. The minimum atomic E-state index is -0.653. The largest absolute Gasteiger partial charge is 0.457 e. The number of para-hydroxylation sites is 3. The lowest BCUT2D eigenvalue weighted by molar-refractivity contribution is 0.436. The predicted octanol–water partition coefficient (Wildman–Crippen LogP) is 15.0. The Kier molecular flexibility index (Phi) is 8.09. The summed E-state index contributed by atoms with van der Waals surface area (Å²) >= 11 is 0. The standard InChI is InChI=1S/C60H37N3O/c1-4-16-39(17-5-1)52-37-53(63-59(62-52)42-20-8-3-9-21-42)40-30-28-38(29-31-40)43-32-33-44-50(36-43)60(47-23-11-14-26-54(47)64-55-27-15-12-24-48(55)60)49-35-34-46-56(57(44)49)45-22-10-13-25-51(45)61-58(46)41-18-6-2-7-19-41/h1-37H. The molecule has 3 heterocycles. The minimum absolute atomic E-state index is 0.653. The second-order valence-electron chi connectivity index (χ2n) is 16.6. The van der Waals surface area contributed by atoms with Gasteiger partial charge < -0.3 is 4.74 Å². The molecule has 298 valence electrons. The molecule has 64 heavy (non-hydrogen) atoms. The lowest BCUT2D eigenvalue weighted by atomic mass is 9.65. The molecular weight excluding hydrogens is 779 g/mol. The number of fused-ring (bicyclic) bond motifs is 13. The van der Waals surface area contributed by atoms with E-state index in [2.05, 4.69) is 200 Å². The van der Waals surface area contributed by atoms with Crippen LogP contribution in [0.4, 0.5) is 0 Å². The van der Waals surface area contributed by atoms with Crippen LogP contribution in [0.1, 0.15) is 22.3 Å². The summed E-state index contributed by atoms with van der Waals surface area (Å²) in [5.41, 5.74) is 16.7. The number of hydrogen-bond acceptors (Lipinski definition) is 4. The van der Waals surface area contributed by atoms with Crippen molar-refractivity contribution in [1.82, 2.24) is 15.0 Å². The number of ether oxygens (including phenoxy) is 1. The quantitative estimate of drug-likeness (QED) is 0.162. The predicted molar refractivity (Wildman–Crippen MR) is 259 cm³/mol. The maximum absolute atomic E-state index is 6.75. The zero-order chi connectivity index (χ0) is 42.2.